The maximum Gasteiger partial charge on any atom is 0.119 e. The van der Waals surface area contributed by atoms with Crippen LogP contribution in [0.5, 0.6) is 5.75 Å². The van der Waals surface area contributed by atoms with E-state index in [1.54, 1.807) is 0 Å². The second-order valence-corrected chi connectivity index (χ2v) is 6.24. The molecule has 0 amide bonds. The fourth-order valence-corrected chi connectivity index (χ4v) is 1.96. The van der Waals surface area contributed by atoms with Crippen LogP contribution in [-0.4, -0.2) is 6.61 Å². The normalized spacial score (nSPS) is 13.3. The van der Waals surface area contributed by atoms with Crippen molar-refractivity contribution in [1.29, 1.82) is 0 Å². The van der Waals surface area contributed by atoms with Crippen LogP contribution in [-0.2, 0) is 0 Å². The van der Waals surface area contributed by atoms with E-state index in [0.717, 1.165) is 31.6 Å². The van der Waals surface area contributed by atoms with Crippen molar-refractivity contribution >= 4 is 0 Å². The average Bonchev–Trinajstić information content (AvgIpc) is 2.36. The number of hydrogen-bond donors (Lipinski definition) is 2. The molecule has 108 valence electrons. The molecule has 0 heterocycles. The van der Waals surface area contributed by atoms with Gasteiger partial charge in [0.15, 0.2) is 0 Å². The van der Waals surface area contributed by atoms with Crippen LogP contribution in [0.3, 0.4) is 0 Å². The van der Waals surface area contributed by atoms with E-state index in [9.17, 15) is 0 Å². The summed E-state index contributed by atoms with van der Waals surface area (Å²) in [6.07, 6.45) is 3.17. The van der Waals surface area contributed by atoms with Gasteiger partial charge in [0.2, 0.25) is 0 Å². The molecule has 0 radical (unpaired) electrons. The molecule has 1 unspecified atom stereocenters. The van der Waals surface area contributed by atoms with Crippen LogP contribution in [0.1, 0.15) is 58.6 Å². The molecule has 0 aliphatic rings. The summed E-state index contributed by atoms with van der Waals surface area (Å²) in [4.78, 5) is 0. The summed E-state index contributed by atoms with van der Waals surface area (Å²) in [6.45, 7) is 9.62. The lowest BCUT2D eigenvalue weighted by Gasteiger charge is -2.23. The van der Waals surface area contributed by atoms with Crippen LogP contribution in [0.15, 0.2) is 24.3 Å². The van der Waals surface area contributed by atoms with Gasteiger partial charge in [0, 0.05) is 6.04 Å². The summed E-state index contributed by atoms with van der Waals surface area (Å²) < 4.78 is 5.67. The number of benzene rings is 1. The maximum atomic E-state index is 5.69. The van der Waals surface area contributed by atoms with Crippen molar-refractivity contribution < 1.29 is 4.74 Å². The topological polar surface area (TPSA) is 47.3 Å². The highest BCUT2D eigenvalue weighted by atomic mass is 16.5. The lowest BCUT2D eigenvalue weighted by molar-refractivity contribution is 0.315. The SMILES string of the molecule is CCCOc1cccc(C(CCC(C)(C)C)NN)c1. The number of nitrogens with two attached hydrogens (primary N) is 1. The molecule has 0 bridgehead atoms. The second-order valence-electron chi connectivity index (χ2n) is 6.24. The first-order valence-electron chi connectivity index (χ1n) is 7.15. The third kappa shape index (κ3) is 6.08. The summed E-state index contributed by atoms with van der Waals surface area (Å²) in [6, 6.07) is 8.40. The first-order valence-corrected chi connectivity index (χ1v) is 7.15. The molecule has 0 aliphatic carbocycles. The minimum absolute atomic E-state index is 0.185. The van der Waals surface area contributed by atoms with Crippen molar-refractivity contribution in [3.05, 3.63) is 29.8 Å². The van der Waals surface area contributed by atoms with E-state index in [4.69, 9.17) is 10.6 Å². The first kappa shape index (κ1) is 16.0. The van der Waals surface area contributed by atoms with Gasteiger partial charge in [0.1, 0.15) is 5.75 Å². The molecule has 0 saturated carbocycles. The van der Waals surface area contributed by atoms with E-state index in [1.807, 2.05) is 12.1 Å². The Labute approximate surface area is 117 Å². The predicted octanol–water partition coefficient (Wildman–Crippen LogP) is 3.81. The maximum absolute atomic E-state index is 5.69. The van der Waals surface area contributed by atoms with Gasteiger partial charge in [-0.2, -0.15) is 0 Å². The fraction of sp³-hybridized carbons (Fsp3) is 0.625. The number of rotatable bonds is 7. The van der Waals surface area contributed by atoms with Gasteiger partial charge in [0.05, 0.1) is 6.61 Å². The summed E-state index contributed by atoms with van der Waals surface area (Å²) in [5.74, 6) is 6.62. The van der Waals surface area contributed by atoms with E-state index in [2.05, 4.69) is 45.3 Å². The molecule has 0 fully saturated rings. The Morgan fingerprint density at radius 2 is 2.05 bits per heavy atom. The molecule has 3 heteroatoms. The van der Waals surface area contributed by atoms with Crippen LogP contribution < -0.4 is 16.0 Å². The Bertz CT molecular complexity index is 371. The van der Waals surface area contributed by atoms with Crippen molar-refractivity contribution in [3.8, 4) is 5.75 Å². The molecule has 19 heavy (non-hydrogen) atoms. The molecule has 0 aromatic heterocycles. The molecule has 1 rings (SSSR count). The Morgan fingerprint density at radius 3 is 2.63 bits per heavy atom. The molecule has 0 aliphatic heterocycles. The zero-order valence-electron chi connectivity index (χ0n) is 12.7. The van der Waals surface area contributed by atoms with Crippen molar-refractivity contribution in [2.24, 2.45) is 11.3 Å². The summed E-state index contributed by atoms with van der Waals surface area (Å²) in [7, 11) is 0. The number of hydrazine groups is 1. The van der Waals surface area contributed by atoms with Gasteiger partial charge in [-0.3, -0.25) is 11.3 Å². The molecule has 0 spiro atoms. The summed E-state index contributed by atoms with van der Waals surface area (Å²) in [5, 5.41) is 0. The van der Waals surface area contributed by atoms with Crippen LogP contribution in [0, 0.1) is 5.41 Å². The Morgan fingerprint density at radius 1 is 1.32 bits per heavy atom. The Balaban J connectivity index is 2.69. The van der Waals surface area contributed by atoms with Crippen LogP contribution >= 0.6 is 0 Å². The lowest BCUT2D eigenvalue weighted by atomic mass is 9.87. The third-order valence-corrected chi connectivity index (χ3v) is 3.12. The second kappa shape index (κ2) is 7.51. The molecular formula is C16H28N2O. The zero-order valence-corrected chi connectivity index (χ0v) is 12.7. The van der Waals surface area contributed by atoms with Gasteiger partial charge in [0.25, 0.3) is 0 Å². The van der Waals surface area contributed by atoms with Crippen LogP contribution in [0.2, 0.25) is 0 Å². The predicted molar refractivity (Wildman–Crippen MR) is 81.0 cm³/mol. The van der Waals surface area contributed by atoms with Crippen molar-refractivity contribution in [2.45, 2.75) is 53.0 Å². The monoisotopic (exact) mass is 264 g/mol. The Hall–Kier alpha value is -1.06. The molecule has 1 atom stereocenters. The van der Waals surface area contributed by atoms with Crippen LogP contribution in [0.25, 0.3) is 0 Å². The third-order valence-electron chi connectivity index (χ3n) is 3.12. The fourth-order valence-electron chi connectivity index (χ4n) is 1.96. The van der Waals surface area contributed by atoms with Gasteiger partial charge in [-0.05, 0) is 42.4 Å². The van der Waals surface area contributed by atoms with E-state index >= 15 is 0 Å². The highest BCUT2D eigenvalue weighted by Gasteiger charge is 2.16. The van der Waals surface area contributed by atoms with Crippen LogP contribution in [0.4, 0.5) is 0 Å². The van der Waals surface area contributed by atoms with E-state index in [-0.39, 0.29) is 6.04 Å². The standard InChI is InChI=1S/C16H28N2O/c1-5-11-19-14-8-6-7-13(12-14)15(18-17)9-10-16(2,3)4/h6-8,12,15,18H,5,9-11,17H2,1-4H3. The van der Waals surface area contributed by atoms with E-state index in [0.29, 0.717) is 5.41 Å². The van der Waals surface area contributed by atoms with Gasteiger partial charge >= 0.3 is 0 Å². The van der Waals surface area contributed by atoms with Gasteiger partial charge in [-0.25, -0.2) is 0 Å². The molecule has 0 saturated heterocycles. The smallest absolute Gasteiger partial charge is 0.119 e. The summed E-state index contributed by atoms with van der Waals surface area (Å²) >= 11 is 0. The van der Waals surface area contributed by atoms with Crippen molar-refractivity contribution in [2.75, 3.05) is 6.61 Å². The molecule has 3 nitrogen and oxygen atoms in total. The largest absolute Gasteiger partial charge is 0.494 e. The summed E-state index contributed by atoms with van der Waals surface area (Å²) in [5.41, 5.74) is 4.44. The highest BCUT2D eigenvalue weighted by Crippen LogP contribution is 2.28. The van der Waals surface area contributed by atoms with Gasteiger partial charge < -0.3 is 4.74 Å². The molecular weight excluding hydrogens is 236 g/mol. The number of ether oxygens (including phenoxy) is 1. The molecule has 1 aromatic carbocycles. The van der Waals surface area contributed by atoms with Gasteiger partial charge in [-0.1, -0.05) is 39.8 Å². The number of nitrogens with one attached hydrogen (secondary N) is 1. The Kier molecular flexibility index (Phi) is 6.32. The molecule has 3 N–H and O–H groups in total. The minimum atomic E-state index is 0.185. The number of hydrogen-bond acceptors (Lipinski definition) is 3. The van der Waals surface area contributed by atoms with E-state index in [1.165, 1.54) is 5.56 Å². The average molecular weight is 264 g/mol. The molecule has 1 aromatic rings. The lowest BCUT2D eigenvalue weighted by Crippen LogP contribution is -2.29. The van der Waals surface area contributed by atoms with E-state index < -0.39 is 0 Å². The van der Waals surface area contributed by atoms with Gasteiger partial charge in [-0.15, -0.1) is 0 Å². The highest BCUT2D eigenvalue weighted by molar-refractivity contribution is 5.30. The zero-order chi connectivity index (χ0) is 14.3. The minimum Gasteiger partial charge on any atom is -0.494 e. The van der Waals surface area contributed by atoms with Crippen molar-refractivity contribution in [1.82, 2.24) is 5.43 Å². The first-order chi connectivity index (χ1) is 8.96. The van der Waals surface area contributed by atoms with Crippen molar-refractivity contribution in [3.63, 3.8) is 0 Å². The quantitative estimate of drug-likeness (QED) is 0.581.